The van der Waals surface area contributed by atoms with E-state index >= 15 is 0 Å². The first-order valence-electron chi connectivity index (χ1n) is 10.9. The molecule has 0 spiro atoms. The molecule has 0 radical (unpaired) electrons. The van der Waals surface area contributed by atoms with Gasteiger partial charge in [0.1, 0.15) is 11.8 Å². The summed E-state index contributed by atoms with van der Waals surface area (Å²) in [6.07, 6.45) is 0.409. The highest BCUT2D eigenvalue weighted by molar-refractivity contribution is 9.10. The standard InChI is InChI=1S/C27H29BrN2O3/c1-19-13-20(2)15-24(14-19)33-18-26(31)30(17-22-9-11-23(28)12-10-22)25(27(32)29-3)16-21-7-5-4-6-8-21/h4-15,25H,16-18H2,1-3H3,(H,29,32). The Labute approximate surface area is 203 Å². The van der Waals surface area contributed by atoms with E-state index in [0.29, 0.717) is 18.7 Å². The maximum atomic E-state index is 13.4. The molecule has 0 saturated carbocycles. The minimum absolute atomic E-state index is 0.151. The van der Waals surface area contributed by atoms with E-state index in [2.05, 4.69) is 27.3 Å². The van der Waals surface area contributed by atoms with Crippen LogP contribution >= 0.6 is 15.9 Å². The number of hydrogen-bond acceptors (Lipinski definition) is 3. The fourth-order valence-electron chi connectivity index (χ4n) is 3.75. The lowest BCUT2D eigenvalue weighted by Crippen LogP contribution is -2.51. The van der Waals surface area contributed by atoms with Crippen molar-refractivity contribution in [3.63, 3.8) is 0 Å². The Morgan fingerprint density at radius 1 is 0.939 bits per heavy atom. The molecule has 1 atom stereocenters. The van der Waals surface area contributed by atoms with Gasteiger partial charge in [-0.25, -0.2) is 0 Å². The number of likely N-dealkylation sites (N-methyl/N-ethyl adjacent to an activating group) is 1. The number of nitrogens with zero attached hydrogens (tertiary/aromatic N) is 1. The smallest absolute Gasteiger partial charge is 0.261 e. The third-order valence-corrected chi connectivity index (χ3v) is 5.87. The lowest BCUT2D eigenvalue weighted by Gasteiger charge is -2.31. The number of aryl methyl sites for hydroxylation is 2. The highest BCUT2D eigenvalue weighted by Crippen LogP contribution is 2.19. The summed E-state index contributed by atoms with van der Waals surface area (Å²) in [7, 11) is 1.59. The minimum atomic E-state index is -0.670. The number of nitrogens with one attached hydrogen (secondary N) is 1. The summed E-state index contributed by atoms with van der Waals surface area (Å²) >= 11 is 3.45. The van der Waals surface area contributed by atoms with Crippen LogP contribution in [0.3, 0.4) is 0 Å². The van der Waals surface area contributed by atoms with E-state index in [1.165, 1.54) is 0 Å². The molecular weight excluding hydrogens is 480 g/mol. The van der Waals surface area contributed by atoms with Crippen molar-refractivity contribution in [2.24, 2.45) is 0 Å². The van der Waals surface area contributed by atoms with Gasteiger partial charge in [-0.15, -0.1) is 0 Å². The van der Waals surface area contributed by atoms with Crippen molar-refractivity contribution >= 4 is 27.7 Å². The Morgan fingerprint density at radius 2 is 1.58 bits per heavy atom. The molecule has 2 amide bonds. The number of hydrogen-bond donors (Lipinski definition) is 1. The fraction of sp³-hybridized carbons (Fsp3) is 0.259. The van der Waals surface area contributed by atoms with Crippen molar-refractivity contribution in [1.29, 1.82) is 0 Å². The summed E-state index contributed by atoms with van der Waals surface area (Å²) < 4.78 is 6.80. The molecule has 0 aliphatic heterocycles. The Hall–Kier alpha value is -3.12. The molecule has 0 fully saturated rings. The number of rotatable bonds is 9. The van der Waals surface area contributed by atoms with Crippen molar-refractivity contribution in [2.75, 3.05) is 13.7 Å². The van der Waals surface area contributed by atoms with Gasteiger partial charge < -0.3 is 15.0 Å². The molecule has 172 valence electrons. The largest absolute Gasteiger partial charge is 0.484 e. The summed E-state index contributed by atoms with van der Waals surface area (Å²) in [5, 5.41) is 2.72. The van der Waals surface area contributed by atoms with E-state index in [0.717, 1.165) is 26.7 Å². The van der Waals surface area contributed by atoms with Gasteiger partial charge in [-0.05, 0) is 60.4 Å². The molecule has 0 aliphatic carbocycles. The third kappa shape index (κ3) is 7.19. The average molecular weight is 509 g/mol. The SMILES string of the molecule is CNC(=O)C(Cc1ccccc1)N(Cc1ccc(Br)cc1)C(=O)COc1cc(C)cc(C)c1. The molecular formula is C27H29BrN2O3. The zero-order chi connectivity index (χ0) is 23.8. The van der Waals surface area contributed by atoms with E-state index in [-0.39, 0.29) is 18.4 Å². The van der Waals surface area contributed by atoms with Crippen LogP contribution in [0.25, 0.3) is 0 Å². The quantitative estimate of drug-likeness (QED) is 0.450. The molecule has 1 N–H and O–H groups in total. The molecule has 3 aromatic rings. The summed E-state index contributed by atoms with van der Waals surface area (Å²) in [5.74, 6) is 0.182. The normalized spacial score (nSPS) is 11.5. The first-order chi connectivity index (χ1) is 15.9. The minimum Gasteiger partial charge on any atom is -0.484 e. The number of amides is 2. The van der Waals surface area contributed by atoms with Crippen molar-refractivity contribution in [3.05, 3.63) is 99.5 Å². The van der Waals surface area contributed by atoms with Gasteiger partial charge in [0.2, 0.25) is 5.91 Å². The Bertz CT molecular complexity index is 1060. The second-order valence-corrected chi connectivity index (χ2v) is 9.00. The van der Waals surface area contributed by atoms with Crippen LogP contribution in [-0.2, 0) is 22.6 Å². The van der Waals surface area contributed by atoms with Gasteiger partial charge in [0.05, 0.1) is 0 Å². The topological polar surface area (TPSA) is 58.6 Å². The Morgan fingerprint density at radius 3 is 2.18 bits per heavy atom. The summed E-state index contributed by atoms with van der Waals surface area (Å²) in [6.45, 7) is 4.13. The van der Waals surface area contributed by atoms with Gasteiger partial charge in [-0.3, -0.25) is 9.59 Å². The van der Waals surface area contributed by atoms with Gasteiger partial charge >= 0.3 is 0 Å². The van der Waals surface area contributed by atoms with Crippen molar-refractivity contribution in [3.8, 4) is 5.75 Å². The molecule has 33 heavy (non-hydrogen) atoms. The van der Waals surface area contributed by atoms with Crippen molar-refractivity contribution in [2.45, 2.75) is 32.9 Å². The number of halogens is 1. The second-order valence-electron chi connectivity index (χ2n) is 8.08. The molecule has 3 rings (SSSR count). The Kier molecular flexibility index (Phi) is 8.66. The molecule has 0 aliphatic rings. The molecule has 0 aromatic heterocycles. The first kappa shape index (κ1) is 24.5. The number of carbonyl (C=O) groups excluding carboxylic acids is 2. The molecule has 3 aromatic carbocycles. The zero-order valence-electron chi connectivity index (χ0n) is 19.2. The van der Waals surface area contributed by atoms with Crippen molar-refractivity contribution < 1.29 is 14.3 Å². The van der Waals surface area contributed by atoms with Crippen LogP contribution in [0.1, 0.15) is 22.3 Å². The molecule has 6 heteroatoms. The van der Waals surface area contributed by atoms with Crippen molar-refractivity contribution in [1.82, 2.24) is 10.2 Å². The predicted molar refractivity (Wildman–Crippen MR) is 134 cm³/mol. The number of ether oxygens (including phenoxy) is 1. The molecule has 0 bridgehead atoms. The lowest BCUT2D eigenvalue weighted by atomic mass is 10.0. The molecule has 5 nitrogen and oxygen atoms in total. The van der Waals surface area contributed by atoms with Crippen LogP contribution in [0.4, 0.5) is 0 Å². The number of benzene rings is 3. The maximum Gasteiger partial charge on any atom is 0.261 e. The lowest BCUT2D eigenvalue weighted by molar-refractivity contribution is -0.142. The highest BCUT2D eigenvalue weighted by Gasteiger charge is 2.30. The Balaban J connectivity index is 1.87. The highest BCUT2D eigenvalue weighted by atomic mass is 79.9. The van der Waals surface area contributed by atoms with Gasteiger partial charge in [0.25, 0.3) is 5.91 Å². The average Bonchev–Trinajstić information content (AvgIpc) is 2.80. The molecule has 0 heterocycles. The van der Waals surface area contributed by atoms with Crippen LogP contribution in [-0.4, -0.2) is 36.4 Å². The van der Waals surface area contributed by atoms with E-state index in [4.69, 9.17) is 4.74 Å². The van der Waals surface area contributed by atoms with E-state index < -0.39 is 6.04 Å². The zero-order valence-corrected chi connectivity index (χ0v) is 20.8. The van der Waals surface area contributed by atoms with Gasteiger partial charge in [0, 0.05) is 24.5 Å². The third-order valence-electron chi connectivity index (χ3n) is 5.34. The maximum absolute atomic E-state index is 13.4. The van der Waals surface area contributed by atoms with Gasteiger partial charge in [0.15, 0.2) is 6.61 Å². The summed E-state index contributed by atoms with van der Waals surface area (Å²) in [4.78, 5) is 27.9. The first-order valence-corrected chi connectivity index (χ1v) is 11.7. The predicted octanol–water partition coefficient (Wildman–Crippen LogP) is 4.83. The van der Waals surface area contributed by atoms with Crippen LogP contribution in [0.5, 0.6) is 5.75 Å². The van der Waals surface area contributed by atoms with Crippen LogP contribution < -0.4 is 10.1 Å². The van der Waals surface area contributed by atoms with E-state index in [1.807, 2.05) is 80.6 Å². The molecule has 1 unspecified atom stereocenters. The number of carbonyl (C=O) groups is 2. The fourth-order valence-corrected chi connectivity index (χ4v) is 4.02. The van der Waals surface area contributed by atoms with Gasteiger partial charge in [-0.1, -0.05) is 64.5 Å². The van der Waals surface area contributed by atoms with E-state index in [1.54, 1.807) is 11.9 Å². The molecule has 0 saturated heterocycles. The van der Waals surface area contributed by atoms with E-state index in [9.17, 15) is 9.59 Å². The van der Waals surface area contributed by atoms with Crippen LogP contribution in [0, 0.1) is 13.8 Å². The van der Waals surface area contributed by atoms with Crippen LogP contribution in [0.2, 0.25) is 0 Å². The summed E-state index contributed by atoms with van der Waals surface area (Å²) in [5.41, 5.74) is 4.04. The monoisotopic (exact) mass is 508 g/mol. The summed E-state index contributed by atoms with van der Waals surface area (Å²) in [6, 6.07) is 22.6. The van der Waals surface area contributed by atoms with Crippen LogP contribution in [0.15, 0.2) is 77.3 Å². The second kappa shape index (κ2) is 11.7. The van der Waals surface area contributed by atoms with Gasteiger partial charge in [-0.2, -0.15) is 0 Å².